The van der Waals surface area contributed by atoms with Crippen LogP contribution in [0.5, 0.6) is 5.75 Å². The first-order chi connectivity index (χ1) is 7.35. The fourth-order valence-corrected chi connectivity index (χ4v) is 2.00. The SMILES string of the molecule is Cc1cc(NS(=O)(=O)CC#N)c(C)cc1O. The lowest BCUT2D eigenvalue weighted by molar-refractivity contribution is 0.471. The Morgan fingerprint density at radius 1 is 1.38 bits per heavy atom. The summed E-state index contributed by atoms with van der Waals surface area (Å²) in [5.74, 6) is -0.479. The molecule has 0 aromatic heterocycles. The van der Waals surface area contributed by atoms with E-state index < -0.39 is 15.8 Å². The molecule has 2 N–H and O–H groups in total. The highest BCUT2D eigenvalue weighted by Gasteiger charge is 2.12. The van der Waals surface area contributed by atoms with E-state index in [2.05, 4.69) is 4.72 Å². The van der Waals surface area contributed by atoms with Crippen molar-refractivity contribution in [1.29, 1.82) is 5.26 Å². The molecule has 1 aromatic carbocycles. The Morgan fingerprint density at radius 3 is 2.56 bits per heavy atom. The van der Waals surface area contributed by atoms with Gasteiger partial charge in [-0.15, -0.1) is 0 Å². The number of anilines is 1. The van der Waals surface area contributed by atoms with Gasteiger partial charge in [-0.2, -0.15) is 5.26 Å². The highest BCUT2D eigenvalue weighted by Crippen LogP contribution is 2.25. The number of phenols is 1. The summed E-state index contributed by atoms with van der Waals surface area (Å²) in [6.07, 6.45) is 0. The van der Waals surface area contributed by atoms with Gasteiger partial charge in [-0.1, -0.05) is 0 Å². The van der Waals surface area contributed by atoms with Crippen LogP contribution in [0.4, 0.5) is 5.69 Å². The maximum Gasteiger partial charge on any atom is 0.246 e. The molecule has 1 aromatic rings. The summed E-state index contributed by atoms with van der Waals surface area (Å²) in [7, 11) is -3.63. The third-order valence-electron chi connectivity index (χ3n) is 2.06. The molecule has 0 spiro atoms. The van der Waals surface area contributed by atoms with E-state index in [1.807, 2.05) is 0 Å². The number of hydrogen-bond donors (Lipinski definition) is 2. The predicted molar refractivity (Wildman–Crippen MR) is 60.6 cm³/mol. The number of nitrogens with zero attached hydrogens (tertiary/aromatic N) is 1. The van der Waals surface area contributed by atoms with E-state index >= 15 is 0 Å². The molecule has 16 heavy (non-hydrogen) atoms. The van der Waals surface area contributed by atoms with Crippen molar-refractivity contribution in [3.05, 3.63) is 23.3 Å². The molecule has 0 saturated heterocycles. The smallest absolute Gasteiger partial charge is 0.246 e. The van der Waals surface area contributed by atoms with Crippen LogP contribution in [0.2, 0.25) is 0 Å². The Hall–Kier alpha value is -1.74. The maximum absolute atomic E-state index is 11.4. The molecular formula is C10H12N2O3S. The molecule has 86 valence electrons. The molecule has 0 aliphatic carbocycles. The van der Waals surface area contributed by atoms with Crippen molar-refractivity contribution in [2.45, 2.75) is 13.8 Å². The molecule has 0 heterocycles. The average Bonchev–Trinajstić information content (AvgIpc) is 2.13. The Labute approximate surface area is 94.4 Å². The Kier molecular flexibility index (Phi) is 3.40. The van der Waals surface area contributed by atoms with Crippen molar-refractivity contribution in [2.75, 3.05) is 10.5 Å². The molecule has 0 aliphatic heterocycles. The molecule has 0 aliphatic rings. The van der Waals surface area contributed by atoms with Gasteiger partial charge in [0.05, 0.1) is 11.8 Å². The molecule has 6 heteroatoms. The third-order valence-corrected chi connectivity index (χ3v) is 3.10. The number of hydrogen-bond acceptors (Lipinski definition) is 4. The summed E-state index contributed by atoms with van der Waals surface area (Å²) in [6, 6.07) is 4.57. The fraction of sp³-hybridized carbons (Fsp3) is 0.300. The lowest BCUT2D eigenvalue weighted by Crippen LogP contribution is -2.16. The second-order valence-corrected chi connectivity index (χ2v) is 5.20. The van der Waals surface area contributed by atoms with Gasteiger partial charge in [0.25, 0.3) is 0 Å². The standard InChI is InChI=1S/C10H12N2O3S/c1-7-6-10(13)8(2)5-9(7)12-16(14,15)4-3-11/h5-6,12-13H,4H2,1-2H3. The lowest BCUT2D eigenvalue weighted by atomic mass is 10.1. The zero-order chi connectivity index (χ0) is 12.3. The van der Waals surface area contributed by atoms with Crippen molar-refractivity contribution >= 4 is 15.7 Å². The van der Waals surface area contributed by atoms with Crippen molar-refractivity contribution in [3.63, 3.8) is 0 Å². The lowest BCUT2D eigenvalue weighted by Gasteiger charge is -2.10. The second kappa shape index (κ2) is 4.41. The number of rotatable bonds is 3. The number of nitrogens with one attached hydrogen (secondary N) is 1. The van der Waals surface area contributed by atoms with Gasteiger partial charge in [0.1, 0.15) is 5.75 Å². The average molecular weight is 240 g/mol. The van der Waals surface area contributed by atoms with Crippen LogP contribution in [-0.4, -0.2) is 19.3 Å². The molecular weight excluding hydrogens is 228 g/mol. The van der Waals surface area contributed by atoms with E-state index in [1.54, 1.807) is 19.9 Å². The van der Waals surface area contributed by atoms with Crippen molar-refractivity contribution in [2.24, 2.45) is 0 Å². The first-order valence-corrected chi connectivity index (χ1v) is 6.18. The van der Waals surface area contributed by atoms with Crippen molar-refractivity contribution in [3.8, 4) is 11.8 Å². The van der Waals surface area contributed by atoms with Crippen LogP contribution >= 0.6 is 0 Å². The minimum atomic E-state index is -3.63. The Bertz CT molecular complexity index is 544. The van der Waals surface area contributed by atoms with E-state index in [4.69, 9.17) is 5.26 Å². The van der Waals surface area contributed by atoms with Gasteiger partial charge in [-0.25, -0.2) is 8.42 Å². The van der Waals surface area contributed by atoms with Gasteiger partial charge in [-0.3, -0.25) is 4.72 Å². The van der Waals surface area contributed by atoms with Gasteiger partial charge >= 0.3 is 0 Å². The zero-order valence-electron chi connectivity index (χ0n) is 8.98. The van der Waals surface area contributed by atoms with E-state index in [0.717, 1.165) is 0 Å². The van der Waals surface area contributed by atoms with E-state index in [9.17, 15) is 13.5 Å². The summed E-state index contributed by atoms with van der Waals surface area (Å²) in [5.41, 5.74) is 1.55. The van der Waals surface area contributed by atoms with Crippen molar-refractivity contribution < 1.29 is 13.5 Å². The Balaban J connectivity index is 3.08. The Morgan fingerprint density at radius 2 is 2.00 bits per heavy atom. The van der Waals surface area contributed by atoms with Crippen LogP contribution < -0.4 is 4.72 Å². The number of benzene rings is 1. The number of nitriles is 1. The van der Waals surface area contributed by atoms with Crippen LogP contribution in [-0.2, 0) is 10.0 Å². The topological polar surface area (TPSA) is 90.2 Å². The monoisotopic (exact) mass is 240 g/mol. The normalized spacial score (nSPS) is 10.8. The van der Waals surface area contributed by atoms with E-state index in [0.29, 0.717) is 16.8 Å². The molecule has 0 unspecified atom stereocenters. The van der Waals surface area contributed by atoms with Crippen LogP contribution in [0.15, 0.2) is 12.1 Å². The molecule has 0 fully saturated rings. The fourth-order valence-electron chi connectivity index (χ4n) is 1.20. The number of aryl methyl sites for hydroxylation is 2. The van der Waals surface area contributed by atoms with Crippen LogP contribution in [0, 0.1) is 25.2 Å². The van der Waals surface area contributed by atoms with Gasteiger partial charge in [-0.05, 0) is 37.1 Å². The van der Waals surface area contributed by atoms with E-state index in [-0.39, 0.29) is 5.75 Å². The summed E-state index contributed by atoms with van der Waals surface area (Å²) < 4.78 is 25.0. The first-order valence-electron chi connectivity index (χ1n) is 4.53. The summed E-state index contributed by atoms with van der Waals surface area (Å²) >= 11 is 0. The highest BCUT2D eigenvalue weighted by molar-refractivity contribution is 7.92. The zero-order valence-corrected chi connectivity index (χ0v) is 9.80. The van der Waals surface area contributed by atoms with E-state index in [1.165, 1.54) is 12.1 Å². The summed E-state index contributed by atoms with van der Waals surface area (Å²) in [5, 5.41) is 17.7. The molecule has 1 rings (SSSR count). The van der Waals surface area contributed by atoms with Crippen LogP contribution in [0.1, 0.15) is 11.1 Å². The quantitative estimate of drug-likeness (QED) is 0.778. The third kappa shape index (κ3) is 2.87. The molecule has 5 nitrogen and oxygen atoms in total. The molecule has 0 radical (unpaired) electrons. The van der Waals surface area contributed by atoms with Crippen molar-refractivity contribution in [1.82, 2.24) is 0 Å². The van der Waals surface area contributed by atoms with Crippen LogP contribution in [0.3, 0.4) is 0 Å². The number of aromatic hydroxyl groups is 1. The van der Waals surface area contributed by atoms with Gasteiger partial charge in [0, 0.05) is 0 Å². The van der Waals surface area contributed by atoms with Gasteiger partial charge in [0.15, 0.2) is 5.75 Å². The minimum Gasteiger partial charge on any atom is -0.508 e. The highest BCUT2D eigenvalue weighted by atomic mass is 32.2. The molecule has 0 amide bonds. The van der Waals surface area contributed by atoms with Crippen LogP contribution in [0.25, 0.3) is 0 Å². The molecule has 0 bridgehead atoms. The maximum atomic E-state index is 11.4. The summed E-state index contributed by atoms with van der Waals surface area (Å²) in [4.78, 5) is 0. The number of sulfonamides is 1. The second-order valence-electron chi connectivity index (χ2n) is 3.47. The largest absolute Gasteiger partial charge is 0.508 e. The minimum absolute atomic E-state index is 0.112. The molecule has 0 atom stereocenters. The van der Waals surface area contributed by atoms with Gasteiger partial charge < -0.3 is 5.11 Å². The molecule has 0 saturated carbocycles. The first kappa shape index (κ1) is 12.3. The predicted octanol–water partition coefficient (Wildman–Crippen LogP) is 1.27. The summed E-state index contributed by atoms with van der Waals surface area (Å²) in [6.45, 7) is 3.33. The number of phenolic OH excluding ortho intramolecular Hbond substituents is 1. The van der Waals surface area contributed by atoms with Gasteiger partial charge in [0.2, 0.25) is 10.0 Å².